The molecule has 0 bridgehead atoms. The first-order valence-corrected chi connectivity index (χ1v) is 14.2. The largest absolute Gasteiger partial charge is 0.446 e. The van der Waals surface area contributed by atoms with Crippen LogP contribution in [-0.2, 0) is 10.2 Å². The van der Waals surface area contributed by atoms with Crippen molar-refractivity contribution < 1.29 is 22.8 Å². The molecule has 0 saturated carbocycles. The maximum atomic E-state index is 13.5. The van der Waals surface area contributed by atoms with E-state index >= 15 is 0 Å². The Hall–Kier alpha value is -3.91. The second kappa shape index (κ2) is 13.8. The lowest BCUT2D eigenvalue weighted by Gasteiger charge is -2.32. The second-order valence-corrected chi connectivity index (χ2v) is 11.2. The molecule has 4 aromatic rings. The number of alkyl halides is 3. The van der Waals surface area contributed by atoms with Gasteiger partial charge in [0.1, 0.15) is 0 Å². The van der Waals surface area contributed by atoms with Crippen LogP contribution in [-0.4, -0.2) is 47.5 Å². The molecule has 0 aliphatic rings. The van der Waals surface area contributed by atoms with Crippen LogP contribution in [0.25, 0.3) is 16.6 Å². The molecule has 1 amide bonds. The third-order valence-corrected chi connectivity index (χ3v) is 7.35. The summed E-state index contributed by atoms with van der Waals surface area (Å²) in [6.07, 6.45) is -3.73. The lowest BCUT2D eigenvalue weighted by molar-refractivity contribution is -0.156. The van der Waals surface area contributed by atoms with E-state index in [2.05, 4.69) is 98.8 Å². The van der Waals surface area contributed by atoms with E-state index in [1.807, 2.05) is 36.5 Å². The number of hydrogen-bond donors (Lipinski definition) is 1. The number of carbonyl (C=O) groups excluding carboxylic acids is 2. The Morgan fingerprint density at radius 2 is 1.50 bits per heavy atom. The van der Waals surface area contributed by atoms with Crippen molar-refractivity contribution in [3.8, 4) is 5.69 Å². The minimum Gasteiger partial charge on any atom is -0.322 e. The number of fused-ring (bicyclic) bond motifs is 1. The summed E-state index contributed by atoms with van der Waals surface area (Å²) in [5.41, 5.74) is 6.19. The SMILES string of the molecule is CCN(CC)CC(C)(C)c1ccc(NC(=O)c2cn(-c3ccccc3C(C)C)c3ccccc23)cc1.O=CC(F)(F)F. The van der Waals surface area contributed by atoms with Gasteiger partial charge in [0.25, 0.3) is 5.91 Å². The van der Waals surface area contributed by atoms with E-state index in [-0.39, 0.29) is 11.3 Å². The first kappa shape index (κ1) is 32.6. The molecule has 1 aromatic heterocycles. The lowest BCUT2D eigenvalue weighted by atomic mass is 9.84. The van der Waals surface area contributed by atoms with Gasteiger partial charge in [-0.1, -0.05) is 90.1 Å². The van der Waals surface area contributed by atoms with Crippen LogP contribution in [0.3, 0.4) is 0 Å². The summed E-state index contributed by atoms with van der Waals surface area (Å²) < 4.78 is 33.4. The van der Waals surface area contributed by atoms with Crippen LogP contribution in [0.15, 0.2) is 79.0 Å². The van der Waals surface area contributed by atoms with Crippen LogP contribution in [0, 0.1) is 0 Å². The highest BCUT2D eigenvalue weighted by Crippen LogP contribution is 2.31. The molecule has 42 heavy (non-hydrogen) atoms. The molecule has 3 aromatic carbocycles. The summed E-state index contributed by atoms with van der Waals surface area (Å²) in [7, 11) is 0. The number of rotatable bonds is 9. The van der Waals surface area contributed by atoms with E-state index in [0.717, 1.165) is 41.9 Å². The molecule has 0 fully saturated rings. The quantitative estimate of drug-likeness (QED) is 0.203. The standard InChI is InChI=1S/C32H39N3O.C2HF3O/c1-7-34(8-2)22-32(5,6)24-17-19-25(20-18-24)33-31(36)28-21-35(30-16-12-10-14-27(28)30)29-15-11-9-13-26(29)23(3)4;3-2(4,5)1-6/h9-21,23H,7-8,22H2,1-6H3,(H,33,36);1H. The van der Waals surface area contributed by atoms with Crippen LogP contribution in [0.1, 0.15) is 68.9 Å². The van der Waals surface area contributed by atoms with Crippen molar-refractivity contribution in [2.75, 3.05) is 25.0 Å². The molecular weight excluding hydrogens is 539 g/mol. The number of anilines is 1. The number of aldehydes is 1. The number of carbonyl (C=O) groups is 2. The average molecular weight is 580 g/mol. The molecule has 1 heterocycles. The third-order valence-electron chi connectivity index (χ3n) is 7.35. The molecule has 0 saturated heterocycles. The van der Waals surface area contributed by atoms with Crippen LogP contribution in [0.5, 0.6) is 0 Å². The molecule has 224 valence electrons. The Balaban J connectivity index is 0.000000730. The van der Waals surface area contributed by atoms with Gasteiger partial charge in [0, 0.05) is 34.9 Å². The van der Waals surface area contributed by atoms with E-state index in [4.69, 9.17) is 4.79 Å². The molecule has 0 aliphatic heterocycles. The molecular formula is C34H40F3N3O2. The van der Waals surface area contributed by atoms with Crippen LogP contribution >= 0.6 is 0 Å². The maximum absolute atomic E-state index is 13.5. The van der Waals surface area contributed by atoms with Gasteiger partial charge in [-0.2, -0.15) is 13.2 Å². The van der Waals surface area contributed by atoms with E-state index in [1.165, 1.54) is 11.1 Å². The summed E-state index contributed by atoms with van der Waals surface area (Å²) >= 11 is 0. The van der Waals surface area contributed by atoms with Crippen molar-refractivity contribution in [1.29, 1.82) is 0 Å². The highest BCUT2D eigenvalue weighted by Gasteiger charge is 2.25. The molecule has 5 nitrogen and oxygen atoms in total. The number of hydrogen-bond acceptors (Lipinski definition) is 3. The van der Waals surface area contributed by atoms with Gasteiger partial charge in [0.2, 0.25) is 6.29 Å². The predicted molar refractivity (Wildman–Crippen MR) is 165 cm³/mol. The smallest absolute Gasteiger partial charge is 0.322 e. The Labute approximate surface area is 246 Å². The zero-order valence-corrected chi connectivity index (χ0v) is 25.1. The number of aromatic nitrogens is 1. The second-order valence-electron chi connectivity index (χ2n) is 11.2. The maximum Gasteiger partial charge on any atom is 0.446 e. The Kier molecular flexibility index (Phi) is 10.7. The fourth-order valence-corrected chi connectivity index (χ4v) is 5.06. The van der Waals surface area contributed by atoms with E-state index < -0.39 is 12.5 Å². The summed E-state index contributed by atoms with van der Waals surface area (Å²) in [4.78, 5) is 24.6. The van der Waals surface area contributed by atoms with Gasteiger partial charge >= 0.3 is 6.18 Å². The number of amides is 1. The summed E-state index contributed by atoms with van der Waals surface area (Å²) in [5, 5.41) is 4.08. The number of nitrogens with zero attached hydrogens (tertiary/aromatic N) is 2. The Morgan fingerprint density at radius 3 is 2.07 bits per heavy atom. The van der Waals surface area contributed by atoms with Crippen molar-refractivity contribution in [3.63, 3.8) is 0 Å². The van der Waals surface area contributed by atoms with E-state index in [0.29, 0.717) is 11.5 Å². The fraction of sp³-hybridized carbons (Fsp3) is 0.353. The zero-order valence-electron chi connectivity index (χ0n) is 25.1. The Morgan fingerprint density at radius 1 is 0.929 bits per heavy atom. The Bertz CT molecular complexity index is 1480. The van der Waals surface area contributed by atoms with Crippen LogP contribution in [0.2, 0.25) is 0 Å². The highest BCUT2D eigenvalue weighted by molar-refractivity contribution is 6.13. The monoisotopic (exact) mass is 579 g/mol. The van der Waals surface area contributed by atoms with Gasteiger partial charge in [-0.15, -0.1) is 0 Å². The first-order valence-electron chi connectivity index (χ1n) is 14.2. The van der Waals surface area contributed by atoms with Gasteiger partial charge in [0.05, 0.1) is 11.1 Å². The summed E-state index contributed by atoms with van der Waals surface area (Å²) in [6, 6.07) is 24.9. The summed E-state index contributed by atoms with van der Waals surface area (Å²) in [6.45, 7) is 16.5. The molecule has 4 rings (SSSR count). The van der Waals surface area contributed by atoms with Crippen molar-refractivity contribution in [2.24, 2.45) is 0 Å². The molecule has 0 atom stereocenters. The zero-order chi connectivity index (χ0) is 31.1. The molecule has 0 aliphatic carbocycles. The number of likely N-dealkylation sites (N-methyl/N-ethyl adjacent to an activating group) is 1. The van der Waals surface area contributed by atoms with Crippen molar-refractivity contribution in [2.45, 2.75) is 59.1 Å². The third kappa shape index (κ3) is 8.10. The minimum absolute atomic E-state index is 0.0335. The fourth-order valence-electron chi connectivity index (χ4n) is 5.06. The van der Waals surface area contributed by atoms with Gasteiger partial charge in [-0.3, -0.25) is 9.59 Å². The van der Waals surface area contributed by atoms with Crippen LogP contribution < -0.4 is 5.32 Å². The normalized spacial score (nSPS) is 11.9. The van der Waals surface area contributed by atoms with Gasteiger partial charge in [-0.05, 0) is 54.4 Å². The van der Waals surface area contributed by atoms with Crippen molar-refractivity contribution >= 4 is 28.8 Å². The average Bonchev–Trinajstić information content (AvgIpc) is 3.36. The van der Waals surface area contributed by atoms with Crippen molar-refractivity contribution in [3.05, 3.63) is 95.7 Å². The van der Waals surface area contributed by atoms with E-state index in [1.54, 1.807) is 0 Å². The number of nitrogens with one attached hydrogen (secondary N) is 1. The first-order chi connectivity index (χ1) is 19.8. The van der Waals surface area contributed by atoms with Gasteiger partial charge in [0.15, 0.2) is 0 Å². The molecule has 8 heteroatoms. The topological polar surface area (TPSA) is 54.3 Å². The van der Waals surface area contributed by atoms with Crippen LogP contribution in [0.4, 0.5) is 18.9 Å². The molecule has 0 spiro atoms. The lowest BCUT2D eigenvalue weighted by Crippen LogP contribution is -2.36. The molecule has 0 unspecified atom stereocenters. The summed E-state index contributed by atoms with van der Waals surface area (Å²) in [5.74, 6) is 0.284. The van der Waals surface area contributed by atoms with E-state index in [9.17, 15) is 18.0 Å². The van der Waals surface area contributed by atoms with Gasteiger partial charge in [-0.25, -0.2) is 0 Å². The number of benzene rings is 3. The number of para-hydroxylation sites is 2. The molecule has 1 N–H and O–H groups in total. The van der Waals surface area contributed by atoms with Crippen molar-refractivity contribution in [1.82, 2.24) is 9.47 Å². The number of halogens is 3. The highest BCUT2D eigenvalue weighted by atomic mass is 19.4. The minimum atomic E-state index is -4.64. The predicted octanol–water partition coefficient (Wildman–Crippen LogP) is 8.37. The molecule has 0 radical (unpaired) electrons. The van der Waals surface area contributed by atoms with Gasteiger partial charge < -0.3 is 14.8 Å².